The number of fused-ring (bicyclic) bond motifs is 1. The molecule has 0 unspecified atom stereocenters. The van der Waals surface area contributed by atoms with Crippen LogP contribution in [-0.2, 0) is 9.59 Å². The third-order valence-corrected chi connectivity index (χ3v) is 6.86. The lowest BCUT2D eigenvalue weighted by Gasteiger charge is -2.40. The average Bonchev–Trinajstić information content (AvgIpc) is 2.91. The minimum absolute atomic E-state index is 0.0721. The largest absolute Gasteiger partial charge is 0.482 e. The highest BCUT2D eigenvalue weighted by atomic mass is 16.5. The van der Waals surface area contributed by atoms with E-state index >= 15 is 0 Å². The zero-order valence-electron chi connectivity index (χ0n) is 20.3. The summed E-state index contributed by atoms with van der Waals surface area (Å²) in [4.78, 5) is 43.4. The SMILES string of the molecule is CC(=O)c1ccc2c(c1)N(CC(=O)N1CCN(C(c3ccccc3)c3ccccc3)CC1)C(=O)CO2. The molecule has 7 nitrogen and oxygen atoms in total. The van der Waals surface area contributed by atoms with E-state index in [4.69, 9.17) is 4.74 Å². The number of ether oxygens (including phenoxy) is 1. The van der Waals surface area contributed by atoms with Gasteiger partial charge in [-0.25, -0.2) is 0 Å². The number of piperazine rings is 1. The molecule has 0 radical (unpaired) electrons. The summed E-state index contributed by atoms with van der Waals surface area (Å²) in [6, 6.07) is 25.9. The highest BCUT2D eigenvalue weighted by Gasteiger charge is 2.32. The number of rotatable bonds is 6. The summed E-state index contributed by atoms with van der Waals surface area (Å²) in [5.41, 5.74) is 3.39. The predicted molar refractivity (Wildman–Crippen MR) is 137 cm³/mol. The predicted octanol–water partition coefficient (Wildman–Crippen LogP) is 3.55. The molecule has 1 fully saturated rings. The Bertz CT molecular complexity index is 1210. The van der Waals surface area contributed by atoms with E-state index in [9.17, 15) is 14.4 Å². The first-order valence-corrected chi connectivity index (χ1v) is 12.2. The number of benzene rings is 3. The number of carbonyl (C=O) groups is 3. The number of anilines is 1. The zero-order valence-corrected chi connectivity index (χ0v) is 20.3. The van der Waals surface area contributed by atoms with Gasteiger partial charge in [0.1, 0.15) is 12.3 Å². The van der Waals surface area contributed by atoms with Crippen LogP contribution in [-0.4, -0.2) is 66.7 Å². The average molecular weight is 484 g/mol. The van der Waals surface area contributed by atoms with Gasteiger partial charge in [0.15, 0.2) is 12.4 Å². The molecule has 2 amide bonds. The van der Waals surface area contributed by atoms with Crippen molar-refractivity contribution in [2.24, 2.45) is 0 Å². The molecule has 7 heteroatoms. The Morgan fingerprint density at radius 1 is 0.861 bits per heavy atom. The fourth-order valence-corrected chi connectivity index (χ4v) is 4.94. The minimum atomic E-state index is -0.289. The molecule has 3 aromatic carbocycles. The quantitative estimate of drug-likeness (QED) is 0.502. The van der Waals surface area contributed by atoms with Crippen molar-refractivity contribution in [1.82, 2.24) is 9.80 Å². The Labute approximate surface area is 210 Å². The molecule has 0 spiro atoms. The highest BCUT2D eigenvalue weighted by Crippen LogP contribution is 2.33. The highest BCUT2D eigenvalue weighted by molar-refractivity contribution is 6.04. The van der Waals surface area contributed by atoms with Crippen LogP contribution in [0.15, 0.2) is 78.9 Å². The number of hydrogen-bond acceptors (Lipinski definition) is 5. The summed E-state index contributed by atoms with van der Waals surface area (Å²) in [6.07, 6.45) is 0. The fraction of sp³-hybridized carbons (Fsp3) is 0.276. The summed E-state index contributed by atoms with van der Waals surface area (Å²) >= 11 is 0. The first-order chi connectivity index (χ1) is 17.5. The normalized spacial score (nSPS) is 16.0. The van der Waals surface area contributed by atoms with E-state index in [0.29, 0.717) is 30.1 Å². The summed E-state index contributed by atoms with van der Waals surface area (Å²) in [5, 5.41) is 0. The van der Waals surface area contributed by atoms with E-state index in [1.54, 1.807) is 18.2 Å². The van der Waals surface area contributed by atoms with E-state index in [0.717, 1.165) is 13.1 Å². The molecule has 1 saturated heterocycles. The van der Waals surface area contributed by atoms with Crippen LogP contribution < -0.4 is 9.64 Å². The van der Waals surface area contributed by atoms with Crippen molar-refractivity contribution >= 4 is 23.3 Å². The number of Topliss-reactive ketones (excluding diaryl/α,β-unsaturated/α-hetero) is 1. The van der Waals surface area contributed by atoms with Crippen molar-refractivity contribution in [2.75, 3.05) is 44.2 Å². The van der Waals surface area contributed by atoms with Crippen molar-refractivity contribution in [3.05, 3.63) is 95.6 Å². The first-order valence-electron chi connectivity index (χ1n) is 12.2. The van der Waals surface area contributed by atoms with Crippen LogP contribution in [0.4, 0.5) is 5.69 Å². The van der Waals surface area contributed by atoms with Crippen molar-refractivity contribution in [3.63, 3.8) is 0 Å². The Kier molecular flexibility index (Phi) is 6.82. The third kappa shape index (κ3) is 4.88. The first kappa shape index (κ1) is 23.8. The maximum atomic E-state index is 13.3. The van der Waals surface area contributed by atoms with Crippen LogP contribution in [0.2, 0.25) is 0 Å². The summed E-state index contributed by atoms with van der Waals surface area (Å²) in [5.74, 6) is -0.00107. The maximum Gasteiger partial charge on any atom is 0.265 e. The third-order valence-electron chi connectivity index (χ3n) is 6.86. The maximum absolute atomic E-state index is 13.3. The number of ketones is 1. The molecule has 0 atom stereocenters. The van der Waals surface area contributed by atoms with Gasteiger partial charge in [0.25, 0.3) is 5.91 Å². The monoisotopic (exact) mass is 483 g/mol. The van der Waals surface area contributed by atoms with Crippen LogP contribution in [0.5, 0.6) is 5.75 Å². The standard InChI is InChI=1S/C29H29N3O4/c1-21(33)24-12-13-26-25(18-24)32(28(35)20-36-26)19-27(34)30-14-16-31(17-15-30)29(22-8-4-2-5-9-22)23-10-6-3-7-11-23/h2-13,18,29H,14-17,19-20H2,1H3. The second-order valence-corrected chi connectivity index (χ2v) is 9.15. The van der Waals surface area contributed by atoms with Gasteiger partial charge in [0.2, 0.25) is 5.91 Å². The second-order valence-electron chi connectivity index (χ2n) is 9.15. The molecule has 36 heavy (non-hydrogen) atoms. The van der Waals surface area contributed by atoms with Crippen LogP contribution in [0.1, 0.15) is 34.5 Å². The topological polar surface area (TPSA) is 70.2 Å². The Hall–Kier alpha value is -3.97. The lowest BCUT2D eigenvalue weighted by atomic mass is 9.96. The number of hydrogen-bond donors (Lipinski definition) is 0. The molecule has 0 aliphatic carbocycles. The number of nitrogens with zero attached hydrogens (tertiary/aromatic N) is 3. The summed E-state index contributed by atoms with van der Waals surface area (Å²) in [6.45, 7) is 3.88. The molecule has 0 bridgehead atoms. The molecule has 0 aromatic heterocycles. The lowest BCUT2D eigenvalue weighted by molar-refractivity contribution is -0.133. The molecular weight excluding hydrogens is 454 g/mol. The van der Waals surface area contributed by atoms with Crippen LogP contribution in [0.3, 0.4) is 0 Å². The molecule has 2 aliphatic rings. The molecule has 0 N–H and O–H groups in total. The Morgan fingerprint density at radius 3 is 2.06 bits per heavy atom. The molecular formula is C29H29N3O4. The second kappa shape index (κ2) is 10.3. The van der Waals surface area contributed by atoms with Gasteiger partial charge in [0.05, 0.1) is 11.7 Å². The van der Waals surface area contributed by atoms with Crippen LogP contribution in [0.25, 0.3) is 0 Å². The molecule has 2 aliphatic heterocycles. The summed E-state index contributed by atoms with van der Waals surface area (Å²) in [7, 11) is 0. The van der Waals surface area contributed by atoms with Crippen molar-refractivity contribution in [2.45, 2.75) is 13.0 Å². The van der Waals surface area contributed by atoms with Crippen molar-refractivity contribution in [3.8, 4) is 5.75 Å². The van der Waals surface area contributed by atoms with Gasteiger partial charge in [-0.1, -0.05) is 60.7 Å². The molecule has 5 rings (SSSR count). The smallest absolute Gasteiger partial charge is 0.265 e. The zero-order chi connectivity index (χ0) is 25.1. The van der Waals surface area contributed by atoms with E-state index in [1.165, 1.54) is 23.0 Å². The van der Waals surface area contributed by atoms with Crippen molar-refractivity contribution < 1.29 is 19.1 Å². The van der Waals surface area contributed by atoms with Gasteiger partial charge >= 0.3 is 0 Å². The Morgan fingerprint density at radius 2 is 1.47 bits per heavy atom. The molecule has 184 valence electrons. The van der Waals surface area contributed by atoms with E-state index in [2.05, 4.69) is 53.4 Å². The Balaban J connectivity index is 1.29. The summed E-state index contributed by atoms with van der Waals surface area (Å²) < 4.78 is 5.52. The van der Waals surface area contributed by atoms with Gasteiger partial charge in [0, 0.05) is 31.7 Å². The number of amides is 2. The van der Waals surface area contributed by atoms with Gasteiger partial charge in [-0.2, -0.15) is 0 Å². The van der Waals surface area contributed by atoms with E-state index in [1.807, 2.05) is 17.0 Å². The number of carbonyl (C=O) groups excluding carboxylic acids is 3. The van der Waals surface area contributed by atoms with Gasteiger partial charge in [-0.05, 0) is 36.2 Å². The van der Waals surface area contributed by atoms with Crippen molar-refractivity contribution in [1.29, 1.82) is 0 Å². The van der Waals surface area contributed by atoms with Gasteiger partial charge in [-0.3, -0.25) is 24.2 Å². The van der Waals surface area contributed by atoms with Gasteiger partial charge < -0.3 is 9.64 Å². The van der Waals surface area contributed by atoms with Crippen LogP contribution in [0, 0.1) is 0 Å². The van der Waals surface area contributed by atoms with E-state index in [-0.39, 0.29) is 36.8 Å². The molecule has 0 saturated carbocycles. The minimum Gasteiger partial charge on any atom is -0.482 e. The fourth-order valence-electron chi connectivity index (χ4n) is 4.94. The lowest BCUT2D eigenvalue weighted by Crippen LogP contribution is -2.53. The molecule has 2 heterocycles. The van der Waals surface area contributed by atoms with E-state index < -0.39 is 0 Å². The van der Waals surface area contributed by atoms with Gasteiger partial charge in [-0.15, -0.1) is 0 Å². The van der Waals surface area contributed by atoms with Crippen LogP contribution >= 0.6 is 0 Å². The molecule has 3 aromatic rings.